The monoisotopic (exact) mass is 721 g/mol. The molecule has 12 heteroatoms. The Balaban J connectivity index is 1.26. The van der Waals surface area contributed by atoms with E-state index in [1.807, 2.05) is 64.1 Å². The fraction of sp³-hybridized carbons (Fsp3) is 0.256. The third-order valence-corrected chi connectivity index (χ3v) is 10.1. The molecule has 3 N–H and O–H groups in total. The maximum Gasteiger partial charge on any atom is 0.410 e. The van der Waals surface area contributed by atoms with E-state index in [9.17, 15) is 24.4 Å². The zero-order valence-electron chi connectivity index (χ0n) is 29.0. The predicted octanol–water partition coefficient (Wildman–Crippen LogP) is 7.75. The summed E-state index contributed by atoms with van der Waals surface area (Å²) in [5.74, 6) is -1.21. The highest BCUT2D eigenvalue weighted by Gasteiger charge is 2.30. The van der Waals surface area contributed by atoms with Gasteiger partial charge in [-0.05, 0) is 94.1 Å². The second kappa shape index (κ2) is 16.1. The lowest BCUT2D eigenvalue weighted by Gasteiger charge is -2.29. The van der Waals surface area contributed by atoms with Gasteiger partial charge >= 0.3 is 6.09 Å². The third-order valence-electron chi connectivity index (χ3n) is 7.85. The van der Waals surface area contributed by atoms with E-state index in [1.165, 1.54) is 23.1 Å². The van der Waals surface area contributed by atoms with E-state index in [-0.39, 0.29) is 11.6 Å². The number of carbonyl (C=O) groups is 4. The summed E-state index contributed by atoms with van der Waals surface area (Å²) in [7, 11) is 0. The van der Waals surface area contributed by atoms with Crippen LogP contribution in [0.15, 0.2) is 89.5 Å². The molecule has 1 aromatic heterocycles. The molecule has 0 spiro atoms. The van der Waals surface area contributed by atoms with Gasteiger partial charge in [0, 0.05) is 27.6 Å². The molecule has 0 fully saturated rings. The Hall–Kier alpha value is -5.38. The first-order chi connectivity index (χ1) is 24.3. The van der Waals surface area contributed by atoms with Crippen LogP contribution in [0.4, 0.5) is 15.5 Å². The summed E-state index contributed by atoms with van der Waals surface area (Å²) in [4.78, 5) is 55.8. The highest BCUT2D eigenvalue weighted by atomic mass is 32.2. The number of anilines is 2. The molecule has 2 heterocycles. The molecule has 0 bridgehead atoms. The number of thioether (sulfide) groups is 1. The molecule has 1 aliphatic rings. The molecule has 1 atom stereocenters. The quantitative estimate of drug-likeness (QED) is 0.119. The zero-order valence-corrected chi connectivity index (χ0v) is 30.7. The average molecular weight is 722 g/mol. The minimum Gasteiger partial charge on any atom is -0.444 e. The maximum absolute atomic E-state index is 13.6. The molecule has 4 aromatic rings. The Morgan fingerprint density at radius 1 is 1.00 bits per heavy atom. The number of rotatable bonds is 9. The highest BCUT2D eigenvalue weighted by molar-refractivity contribution is 8.00. The normalized spacial score (nSPS) is 13.3. The number of hydrogen-bond acceptors (Lipinski definition) is 8. The molecule has 3 aromatic carbocycles. The molecular weight excluding hydrogens is 683 g/mol. The van der Waals surface area contributed by atoms with E-state index >= 15 is 0 Å². The number of nitriles is 1. The van der Waals surface area contributed by atoms with Crippen LogP contribution in [-0.4, -0.2) is 46.1 Å². The van der Waals surface area contributed by atoms with Crippen molar-refractivity contribution in [1.29, 1.82) is 5.26 Å². The van der Waals surface area contributed by atoms with Crippen molar-refractivity contribution in [2.45, 2.75) is 63.3 Å². The fourth-order valence-corrected chi connectivity index (χ4v) is 7.40. The number of amides is 4. The largest absolute Gasteiger partial charge is 0.444 e. The summed E-state index contributed by atoms with van der Waals surface area (Å²) in [5, 5.41) is 18.4. The van der Waals surface area contributed by atoms with Crippen molar-refractivity contribution in [3.8, 4) is 6.07 Å². The number of ether oxygens (including phenoxy) is 1. The molecule has 51 heavy (non-hydrogen) atoms. The lowest BCUT2D eigenvalue weighted by molar-refractivity contribution is -0.115. The molecule has 4 amide bonds. The SMILES string of the molecule is Cc1ccccc1/C=C(\NC(=O)c1ccccc1)C(=O)Nc1cccc(SC(C)C(=O)Nc2sc3c(c2C#N)CCN(C(=O)OC(C)(C)C)C3)c1. The topological polar surface area (TPSA) is 141 Å². The number of aryl methyl sites for hydroxylation is 1. The summed E-state index contributed by atoms with van der Waals surface area (Å²) >= 11 is 2.59. The molecule has 0 aliphatic carbocycles. The van der Waals surface area contributed by atoms with Crippen LogP contribution in [0.3, 0.4) is 0 Å². The van der Waals surface area contributed by atoms with Crippen molar-refractivity contribution in [2.75, 3.05) is 17.2 Å². The Morgan fingerprint density at radius 3 is 2.43 bits per heavy atom. The van der Waals surface area contributed by atoms with Crippen molar-refractivity contribution in [3.63, 3.8) is 0 Å². The van der Waals surface area contributed by atoms with Crippen molar-refractivity contribution >= 4 is 63.7 Å². The summed E-state index contributed by atoms with van der Waals surface area (Å²) < 4.78 is 5.52. The minimum atomic E-state index is -0.621. The van der Waals surface area contributed by atoms with Gasteiger partial charge in [-0.3, -0.25) is 14.4 Å². The van der Waals surface area contributed by atoms with Crippen LogP contribution in [0.2, 0.25) is 0 Å². The zero-order chi connectivity index (χ0) is 36.7. The van der Waals surface area contributed by atoms with E-state index in [0.717, 1.165) is 26.5 Å². The third kappa shape index (κ3) is 9.66. The number of thiophene rings is 1. The van der Waals surface area contributed by atoms with Crippen LogP contribution in [0.5, 0.6) is 0 Å². The molecule has 1 aliphatic heterocycles. The van der Waals surface area contributed by atoms with Gasteiger partial charge in [-0.1, -0.05) is 48.5 Å². The van der Waals surface area contributed by atoms with E-state index in [2.05, 4.69) is 22.0 Å². The molecular formula is C39H39N5O5S2. The summed E-state index contributed by atoms with van der Waals surface area (Å²) in [6.07, 6.45) is 1.72. The van der Waals surface area contributed by atoms with Gasteiger partial charge in [-0.2, -0.15) is 5.26 Å². The van der Waals surface area contributed by atoms with Gasteiger partial charge in [-0.15, -0.1) is 23.1 Å². The van der Waals surface area contributed by atoms with Crippen LogP contribution in [-0.2, 0) is 27.3 Å². The smallest absolute Gasteiger partial charge is 0.410 e. The van der Waals surface area contributed by atoms with Crippen molar-refractivity contribution < 1.29 is 23.9 Å². The van der Waals surface area contributed by atoms with Gasteiger partial charge in [0.15, 0.2) is 0 Å². The number of nitrogens with zero attached hydrogens (tertiary/aromatic N) is 2. The van der Waals surface area contributed by atoms with Crippen LogP contribution in [0, 0.1) is 18.3 Å². The average Bonchev–Trinajstić information content (AvgIpc) is 3.44. The highest BCUT2D eigenvalue weighted by Crippen LogP contribution is 2.38. The Bertz CT molecular complexity index is 2030. The Labute approximate surface area is 305 Å². The van der Waals surface area contributed by atoms with E-state index in [0.29, 0.717) is 41.3 Å². The summed E-state index contributed by atoms with van der Waals surface area (Å²) in [6.45, 7) is 9.85. The first kappa shape index (κ1) is 36.9. The van der Waals surface area contributed by atoms with Crippen LogP contribution >= 0.6 is 23.1 Å². The van der Waals surface area contributed by atoms with Crippen LogP contribution in [0.25, 0.3) is 6.08 Å². The molecule has 0 radical (unpaired) electrons. The number of benzene rings is 3. The van der Waals surface area contributed by atoms with Gasteiger partial charge in [-0.25, -0.2) is 4.79 Å². The van der Waals surface area contributed by atoms with E-state index < -0.39 is 28.8 Å². The fourth-order valence-electron chi connectivity index (χ4n) is 5.26. The number of carbonyl (C=O) groups excluding carboxylic acids is 4. The minimum absolute atomic E-state index is 0.0742. The Morgan fingerprint density at radius 2 is 1.73 bits per heavy atom. The van der Waals surface area contributed by atoms with Gasteiger partial charge in [0.1, 0.15) is 22.4 Å². The van der Waals surface area contributed by atoms with Crippen molar-refractivity contribution in [2.24, 2.45) is 0 Å². The first-order valence-electron chi connectivity index (χ1n) is 16.4. The second-order valence-corrected chi connectivity index (χ2v) is 15.5. The van der Waals surface area contributed by atoms with Gasteiger partial charge in [0.25, 0.3) is 11.8 Å². The Kier molecular flexibility index (Phi) is 11.6. The van der Waals surface area contributed by atoms with Crippen LogP contribution < -0.4 is 16.0 Å². The number of nitrogens with one attached hydrogen (secondary N) is 3. The predicted molar refractivity (Wildman–Crippen MR) is 201 cm³/mol. The second-order valence-electron chi connectivity index (χ2n) is 12.9. The molecule has 262 valence electrons. The molecule has 0 saturated heterocycles. The van der Waals surface area contributed by atoms with Crippen molar-refractivity contribution in [1.82, 2.24) is 10.2 Å². The number of fused-ring (bicyclic) bond motifs is 1. The van der Waals surface area contributed by atoms with E-state index in [4.69, 9.17) is 4.74 Å². The lowest BCUT2D eigenvalue weighted by Crippen LogP contribution is -2.39. The summed E-state index contributed by atoms with van der Waals surface area (Å²) in [5.41, 5.74) is 3.34. The molecule has 10 nitrogen and oxygen atoms in total. The summed E-state index contributed by atoms with van der Waals surface area (Å²) in [6, 6.07) is 25.5. The van der Waals surface area contributed by atoms with Gasteiger partial charge < -0.3 is 25.6 Å². The standard InChI is InChI=1S/C39H39N5O5S2/c1-24-12-9-10-15-27(24)20-32(42-35(46)26-13-7-6-8-14-26)36(47)41-28-16-11-17-29(21-28)50-25(2)34(45)43-37-31(22-40)30-18-19-44(23-33(30)51-37)38(48)49-39(3,4)5/h6-17,20-21,25H,18-19,23H2,1-5H3,(H,41,47)(H,42,46)(H,43,45)/b32-20-. The lowest BCUT2D eigenvalue weighted by atomic mass is 10.0. The van der Waals surface area contributed by atoms with Gasteiger partial charge in [0.2, 0.25) is 5.91 Å². The van der Waals surface area contributed by atoms with Crippen LogP contribution in [0.1, 0.15) is 65.2 Å². The first-order valence-corrected chi connectivity index (χ1v) is 18.1. The number of hydrogen-bond donors (Lipinski definition) is 3. The van der Waals surface area contributed by atoms with Crippen molar-refractivity contribution in [3.05, 3.63) is 117 Å². The van der Waals surface area contributed by atoms with E-state index in [1.54, 1.807) is 60.4 Å². The molecule has 0 saturated carbocycles. The molecule has 1 unspecified atom stereocenters. The van der Waals surface area contributed by atoms with Gasteiger partial charge in [0.05, 0.1) is 17.4 Å². The maximum atomic E-state index is 13.6. The molecule has 5 rings (SSSR count).